The van der Waals surface area contributed by atoms with Gasteiger partial charge in [0.2, 0.25) is 5.88 Å². The molecule has 1 aliphatic rings. The Morgan fingerprint density at radius 1 is 1.07 bits per heavy atom. The number of nitrogens with zero attached hydrogens (tertiary/aromatic N) is 3. The molecule has 1 fully saturated rings. The average molecular weight is 389 g/mol. The first-order chi connectivity index (χ1) is 12.8. The van der Waals surface area contributed by atoms with E-state index in [9.17, 15) is 9.59 Å². The van der Waals surface area contributed by atoms with Crippen molar-refractivity contribution in [2.45, 2.75) is 26.4 Å². The van der Waals surface area contributed by atoms with Crippen molar-refractivity contribution in [3.05, 3.63) is 41.3 Å². The summed E-state index contributed by atoms with van der Waals surface area (Å²) in [5, 5.41) is 2.49. The molecule has 0 spiro atoms. The van der Waals surface area contributed by atoms with Gasteiger partial charge in [-0.2, -0.15) is 4.98 Å². The number of anilines is 1. The minimum Gasteiger partial charge on any atom is -0.444 e. The van der Waals surface area contributed by atoms with Gasteiger partial charge in [0.05, 0.1) is 10.9 Å². The molecule has 1 aliphatic heterocycles. The molecule has 0 bridgehead atoms. The summed E-state index contributed by atoms with van der Waals surface area (Å²) in [5.74, 6) is -0.138. The van der Waals surface area contributed by atoms with Crippen molar-refractivity contribution < 1.29 is 19.1 Å². The molecule has 0 saturated carbocycles. The van der Waals surface area contributed by atoms with Gasteiger partial charge in [-0.05, 0) is 32.9 Å². The van der Waals surface area contributed by atoms with Crippen molar-refractivity contribution in [3.8, 4) is 5.88 Å². The van der Waals surface area contributed by atoms with Gasteiger partial charge in [-0.3, -0.25) is 0 Å². The zero-order chi connectivity index (χ0) is 19.4. The Hall–Kier alpha value is -2.61. The van der Waals surface area contributed by atoms with Crippen LogP contribution in [0.3, 0.4) is 0 Å². The number of ether oxygens (including phenoxy) is 2. The van der Waals surface area contributed by atoms with Crippen LogP contribution in [-0.4, -0.2) is 53.7 Å². The zero-order valence-electron chi connectivity index (χ0n) is 15.7. The molecular weight excluding hydrogens is 366 g/mol. The molecule has 27 heavy (non-hydrogen) atoms. The van der Waals surface area contributed by atoms with Crippen LogP contribution >= 0.6 is 11.3 Å². The van der Waals surface area contributed by atoms with Crippen molar-refractivity contribution >= 4 is 28.5 Å². The highest BCUT2D eigenvalue weighted by Crippen LogP contribution is 2.26. The van der Waals surface area contributed by atoms with Crippen LogP contribution in [0.4, 0.5) is 9.93 Å². The smallest absolute Gasteiger partial charge is 0.410 e. The molecule has 2 heterocycles. The average Bonchev–Trinajstić information content (AvgIpc) is 3.09. The number of amides is 1. The van der Waals surface area contributed by atoms with Gasteiger partial charge in [-0.25, -0.2) is 9.59 Å². The van der Waals surface area contributed by atoms with Gasteiger partial charge in [-0.15, -0.1) is 11.3 Å². The Morgan fingerprint density at radius 2 is 1.74 bits per heavy atom. The lowest BCUT2D eigenvalue weighted by atomic mass is 10.2. The SMILES string of the molecule is CC(C)(C)OC(=O)N1CCN(c2nc(OC(=O)c3ccccc3)cs2)CC1. The standard InChI is InChI=1S/C19H23N3O4S/c1-19(2,3)26-18(24)22-11-9-21(10-12-22)17-20-15(13-27-17)25-16(23)14-7-5-4-6-8-14/h4-8,13H,9-12H2,1-3H3. The fraction of sp³-hybridized carbons (Fsp3) is 0.421. The molecule has 0 aliphatic carbocycles. The molecular formula is C19H23N3O4S. The highest BCUT2D eigenvalue weighted by Gasteiger charge is 2.27. The molecule has 8 heteroatoms. The highest BCUT2D eigenvalue weighted by atomic mass is 32.1. The largest absolute Gasteiger partial charge is 0.444 e. The maximum absolute atomic E-state index is 12.1. The number of thiazole rings is 1. The summed E-state index contributed by atoms with van der Waals surface area (Å²) in [5.41, 5.74) is -0.0147. The van der Waals surface area contributed by atoms with Gasteiger partial charge in [0.25, 0.3) is 0 Å². The summed E-state index contributed by atoms with van der Waals surface area (Å²) in [6, 6.07) is 8.81. The predicted octanol–water partition coefficient (Wildman–Crippen LogP) is 3.42. The Kier molecular flexibility index (Phi) is 5.65. The fourth-order valence-electron chi connectivity index (χ4n) is 2.58. The number of hydrogen-bond acceptors (Lipinski definition) is 7. The zero-order valence-corrected chi connectivity index (χ0v) is 16.5. The van der Waals surface area contributed by atoms with E-state index in [4.69, 9.17) is 9.47 Å². The predicted molar refractivity (Wildman–Crippen MR) is 104 cm³/mol. The molecule has 2 aromatic rings. The maximum Gasteiger partial charge on any atom is 0.410 e. The van der Waals surface area contributed by atoms with E-state index < -0.39 is 11.6 Å². The molecule has 1 amide bonds. The van der Waals surface area contributed by atoms with Crippen molar-refractivity contribution in [3.63, 3.8) is 0 Å². The highest BCUT2D eigenvalue weighted by molar-refractivity contribution is 7.13. The topological polar surface area (TPSA) is 72.0 Å². The Balaban J connectivity index is 1.54. The summed E-state index contributed by atoms with van der Waals surface area (Å²) >= 11 is 1.42. The van der Waals surface area contributed by atoms with Crippen LogP contribution in [0.1, 0.15) is 31.1 Å². The van der Waals surface area contributed by atoms with Gasteiger partial charge in [-0.1, -0.05) is 18.2 Å². The first-order valence-corrected chi connectivity index (χ1v) is 9.65. The lowest BCUT2D eigenvalue weighted by Gasteiger charge is -2.35. The number of esters is 1. The van der Waals surface area contributed by atoms with E-state index in [1.807, 2.05) is 26.8 Å². The van der Waals surface area contributed by atoms with Crippen molar-refractivity contribution in [2.75, 3.05) is 31.1 Å². The van der Waals surface area contributed by atoms with Gasteiger partial charge >= 0.3 is 12.1 Å². The second kappa shape index (κ2) is 7.96. The third-order valence-electron chi connectivity index (χ3n) is 3.88. The first-order valence-electron chi connectivity index (χ1n) is 8.77. The van der Waals surface area contributed by atoms with Crippen molar-refractivity contribution in [1.29, 1.82) is 0 Å². The van der Waals surface area contributed by atoms with Gasteiger partial charge in [0.15, 0.2) is 5.13 Å². The van der Waals surface area contributed by atoms with Crippen LogP contribution in [0.2, 0.25) is 0 Å². The van der Waals surface area contributed by atoms with E-state index >= 15 is 0 Å². The second-order valence-corrected chi connectivity index (χ2v) is 8.01. The van der Waals surface area contributed by atoms with Crippen molar-refractivity contribution in [1.82, 2.24) is 9.88 Å². The molecule has 3 rings (SSSR count). The third-order valence-corrected chi connectivity index (χ3v) is 4.76. The number of benzene rings is 1. The second-order valence-electron chi connectivity index (χ2n) is 7.18. The molecule has 1 aromatic heterocycles. The van der Waals surface area contributed by atoms with Crippen LogP contribution < -0.4 is 9.64 Å². The van der Waals surface area contributed by atoms with Crippen LogP contribution in [0, 0.1) is 0 Å². The van der Waals surface area contributed by atoms with E-state index in [0.29, 0.717) is 37.6 Å². The summed E-state index contributed by atoms with van der Waals surface area (Å²) in [6.45, 7) is 8.00. The van der Waals surface area contributed by atoms with E-state index in [2.05, 4.69) is 9.88 Å². The molecule has 144 valence electrons. The molecule has 7 nitrogen and oxygen atoms in total. The molecule has 0 radical (unpaired) electrons. The van der Waals surface area contributed by atoms with Gasteiger partial charge < -0.3 is 19.3 Å². The molecule has 0 unspecified atom stereocenters. The van der Waals surface area contributed by atoms with Gasteiger partial charge in [0, 0.05) is 26.2 Å². The molecule has 0 atom stereocenters. The Morgan fingerprint density at radius 3 is 2.37 bits per heavy atom. The van der Waals surface area contributed by atoms with Crippen LogP contribution in [0.5, 0.6) is 5.88 Å². The first kappa shape index (κ1) is 19.2. The van der Waals surface area contributed by atoms with Crippen LogP contribution in [0.15, 0.2) is 35.7 Å². The number of carbonyl (C=O) groups excluding carboxylic acids is 2. The number of piperazine rings is 1. The quantitative estimate of drug-likeness (QED) is 0.749. The Labute approximate surface area is 162 Å². The molecule has 1 aromatic carbocycles. The summed E-state index contributed by atoms with van der Waals surface area (Å²) < 4.78 is 10.7. The summed E-state index contributed by atoms with van der Waals surface area (Å²) in [7, 11) is 0. The fourth-order valence-corrected chi connectivity index (χ4v) is 3.36. The normalized spacial score (nSPS) is 14.8. The maximum atomic E-state index is 12.1. The monoisotopic (exact) mass is 389 g/mol. The number of hydrogen-bond donors (Lipinski definition) is 0. The van der Waals surface area contributed by atoms with Crippen LogP contribution in [0.25, 0.3) is 0 Å². The van der Waals surface area contributed by atoms with E-state index in [0.717, 1.165) is 5.13 Å². The van der Waals surface area contributed by atoms with E-state index in [-0.39, 0.29) is 6.09 Å². The minimum atomic E-state index is -0.499. The Bertz CT molecular complexity index is 793. The minimum absolute atomic E-state index is 0.290. The van der Waals surface area contributed by atoms with Crippen LogP contribution in [-0.2, 0) is 4.74 Å². The van der Waals surface area contributed by atoms with Crippen molar-refractivity contribution in [2.24, 2.45) is 0 Å². The van der Waals surface area contributed by atoms with E-state index in [1.165, 1.54) is 11.3 Å². The number of carbonyl (C=O) groups is 2. The summed E-state index contributed by atoms with van der Waals surface area (Å²) in [6.07, 6.45) is -0.293. The number of aromatic nitrogens is 1. The van der Waals surface area contributed by atoms with E-state index in [1.54, 1.807) is 34.5 Å². The lowest BCUT2D eigenvalue weighted by Crippen LogP contribution is -2.50. The molecule has 0 N–H and O–H groups in total. The van der Waals surface area contributed by atoms with Gasteiger partial charge in [0.1, 0.15) is 5.60 Å². The number of rotatable bonds is 3. The third kappa shape index (κ3) is 5.19. The molecule has 1 saturated heterocycles. The lowest BCUT2D eigenvalue weighted by molar-refractivity contribution is 0.0240. The summed E-state index contributed by atoms with van der Waals surface area (Å²) in [4.78, 5) is 32.4.